The van der Waals surface area contributed by atoms with E-state index >= 15 is 0 Å². The van der Waals surface area contributed by atoms with Crippen LogP contribution in [0.25, 0.3) is 141 Å². The Kier molecular flexibility index (Phi) is 5.25. The predicted octanol–water partition coefficient (Wildman–Crippen LogP) is 15.0. The second kappa shape index (κ2) is 10.2. The van der Waals surface area contributed by atoms with Gasteiger partial charge in [0.2, 0.25) is 0 Å². The van der Waals surface area contributed by atoms with E-state index in [0.717, 1.165) is 5.69 Å². The summed E-state index contributed by atoms with van der Waals surface area (Å²) in [4.78, 5) is 5.13. The molecule has 13 aromatic rings. The molecule has 0 spiro atoms. The number of fused-ring (bicyclic) bond motifs is 12. The van der Waals surface area contributed by atoms with E-state index in [2.05, 4.69) is 163 Å². The monoisotopic (exact) mass is 730 g/mol. The van der Waals surface area contributed by atoms with Crippen LogP contribution in [0.2, 0.25) is 0 Å². The van der Waals surface area contributed by atoms with Crippen molar-refractivity contribution in [1.82, 2.24) is 10.3 Å². The van der Waals surface area contributed by atoms with E-state index in [1.807, 2.05) is 12.3 Å². The summed E-state index contributed by atoms with van der Waals surface area (Å²) in [6, 6.07) is 53.0. The Morgan fingerprint density at radius 1 is 0.379 bits per heavy atom. The molecule has 15 rings (SSSR count). The van der Waals surface area contributed by atoms with E-state index in [0.29, 0.717) is 0 Å². The van der Waals surface area contributed by atoms with Crippen LogP contribution in [0.1, 0.15) is 11.6 Å². The molecular weight excluding hydrogens is 701 g/mol. The lowest BCUT2D eigenvalue weighted by molar-refractivity contribution is 0.758. The molecule has 2 aliphatic rings. The van der Waals surface area contributed by atoms with E-state index in [1.165, 1.54) is 141 Å². The Hall–Kier alpha value is -7.55. The fourth-order valence-corrected chi connectivity index (χ4v) is 11.8. The van der Waals surface area contributed by atoms with Gasteiger partial charge in [0.15, 0.2) is 0 Å². The maximum absolute atomic E-state index is 5.13. The molecule has 0 saturated heterocycles. The maximum Gasteiger partial charge on any atom is 0.0714 e. The molecule has 12 aromatic carbocycles. The summed E-state index contributed by atoms with van der Waals surface area (Å²) in [7, 11) is 0. The second-order valence-corrected chi connectivity index (χ2v) is 16.5. The average molecular weight is 731 g/mol. The van der Waals surface area contributed by atoms with Gasteiger partial charge in [0.05, 0.1) is 11.7 Å². The summed E-state index contributed by atoms with van der Waals surface area (Å²) in [6.45, 7) is 0. The first-order valence-electron chi connectivity index (χ1n) is 20.3. The fourth-order valence-electron chi connectivity index (χ4n) is 11.8. The number of rotatable bonds is 2. The lowest BCUT2D eigenvalue weighted by Crippen LogP contribution is -2.16. The summed E-state index contributed by atoms with van der Waals surface area (Å²) < 4.78 is 0. The molecule has 2 heteroatoms. The number of allylic oxidation sites excluding steroid dienone is 2. The number of aromatic nitrogens is 1. The van der Waals surface area contributed by atoms with Crippen LogP contribution in [0, 0.1) is 0 Å². The van der Waals surface area contributed by atoms with Crippen LogP contribution in [-0.2, 0) is 0 Å². The van der Waals surface area contributed by atoms with Crippen LogP contribution in [0.4, 0.5) is 0 Å². The van der Waals surface area contributed by atoms with Crippen molar-refractivity contribution in [3.8, 4) is 33.5 Å². The van der Waals surface area contributed by atoms with Crippen molar-refractivity contribution in [2.45, 2.75) is 6.04 Å². The van der Waals surface area contributed by atoms with Crippen molar-refractivity contribution < 1.29 is 0 Å². The first kappa shape index (κ1) is 29.7. The highest BCUT2D eigenvalue weighted by Gasteiger charge is 2.30. The number of nitrogens with one attached hydrogen (secondary N) is 1. The third kappa shape index (κ3) is 3.39. The van der Waals surface area contributed by atoms with Crippen LogP contribution in [0.3, 0.4) is 0 Å². The predicted molar refractivity (Wildman–Crippen MR) is 247 cm³/mol. The van der Waals surface area contributed by atoms with E-state index in [-0.39, 0.29) is 6.04 Å². The third-order valence-electron chi connectivity index (χ3n) is 13.9. The maximum atomic E-state index is 5.13. The summed E-state index contributed by atoms with van der Waals surface area (Å²) >= 11 is 0. The Morgan fingerprint density at radius 2 is 0.966 bits per heavy atom. The van der Waals surface area contributed by atoms with Gasteiger partial charge in [-0.3, -0.25) is 4.98 Å². The van der Waals surface area contributed by atoms with E-state index in [1.54, 1.807) is 0 Å². The smallest absolute Gasteiger partial charge is 0.0714 e. The van der Waals surface area contributed by atoms with Gasteiger partial charge in [0.1, 0.15) is 0 Å². The zero-order valence-electron chi connectivity index (χ0n) is 31.2. The van der Waals surface area contributed by atoms with Crippen molar-refractivity contribution in [3.05, 3.63) is 176 Å². The Morgan fingerprint density at radius 3 is 1.62 bits per heavy atom. The van der Waals surface area contributed by atoms with E-state index in [4.69, 9.17) is 4.98 Å². The minimum absolute atomic E-state index is 0.0115. The van der Waals surface area contributed by atoms with Crippen LogP contribution >= 0.6 is 0 Å². The van der Waals surface area contributed by atoms with Crippen LogP contribution < -0.4 is 5.32 Å². The molecule has 1 N–H and O–H groups in total. The number of benzene rings is 10. The van der Waals surface area contributed by atoms with Crippen LogP contribution in [0.15, 0.2) is 170 Å². The number of hydrogen-bond donors (Lipinski definition) is 1. The van der Waals surface area contributed by atoms with Gasteiger partial charge in [0, 0.05) is 17.1 Å². The quantitative estimate of drug-likeness (QED) is 0.141. The zero-order chi connectivity index (χ0) is 37.4. The number of nitrogens with zero attached hydrogens (tertiary/aromatic N) is 1. The minimum Gasteiger partial charge on any atom is -0.381 e. The first-order chi connectivity index (χ1) is 28.8. The molecule has 1 aliphatic heterocycles. The Labute approximate surface area is 332 Å². The van der Waals surface area contributed by atoms with Crippen molar-refractivity contribution in [2.24, 2.45) is 0 Å². The van der Waals surface area contributed by atoms with Gasteiger partial charge in [-0.25, -0.2) is 0 Å². The molecule has 0 amide bonds. The molecule has 1 aromatic heterocycles. The molecule has 0 radical (unpaired) electrons. The molecule has 1 aliphatic carbocycles. The zero-order valence-corrected chi connectivity index (χ0v) is 31.2. The summed E-state index contributed by atoms with van der Waals surface area (Å²) in [5.74, 6) is 0. The largest absolute Gasteiger partial charge is 0.381 e. The van der Waals surface area contributed by atoms with Gasteiger partial charge >= 0.3 is 0 Å². The molecule has 1 unspecified atom stereocenters. The minimum atomic E-state index is -0.0115. The standard InChI is InChI=1S/C56H30N2/c1-2-12-31-30(11-1)34-17-19-36-38-21-23-40-52-41(24-22-39(51(38)52)37-20-18-35(31)49(34)50(36)37)56-54(47-16-4-6-26-58-47)45-28-43-33-14-8-10-29-9-7-13-32(48(29)33)42(43)27-44(45)53(55(40)56)46-15-3-5-25-57-46/h1-28,46,57H. The summed E-state index contributed by atoms with van der Waals surface area (Å²) in [5, 5.41) is 30.1. The van der Waals surface area contributed by atoms with Crippen molar-refractivity contribution in [3.63, 3.8) is 0 Å². The summed E-state index contributed by atoms with van der Waals surface area (Å²) in [5.41, 5.74) is 8.90. The Bertz CT molecular complexity index is 3960. The highest BCUT2D eigenvalue weighted by atomic mass is 14.9. The molecular formula is C56H30N2. The topological polar surface area (TPSA) is 24.9 Å². The average Bonchev–Trinajstić information content (AvgIpc) is 3.91. The SMILES string of the molecule is C1=CNC(c2c3cc4c(cc3c(-c3ccccn3)c3c5ccc6c7ccc8c9c(ccc(c%10ccc(c23)c5c6%10)c97)-c2ccccc2-8)c2cccc3cccc4c32)C=C1. The molecule has 1 atom stereocenters. The van der Waals surface area contributed by atoms with Crippen molar-refractivity contribution in [1.29, 1.82) is 0 Å². The Balaban J connectivity index is 1.18. The molecule has 0 saturated carbocycles. The van der Waals surface area contributed by atoms with Gasteiger partial charge in [-0.15, -0.1) is 0 Å². The second-order valence-electron chi connectivity index (χ2n) is 16.5. The van der Waals surface area contributed by atoms with Gasteiger partial charge in [-0.1, -0.05) is 127 Å². The molecule has 0 bridgehead atoms. The molecule has 2 heterocycles. The van der Waals surface area contributed by atoms with Gasteiger partial charge in [-0.05, 0) is 167 Å². The number of pyridine rings is 1. The third-order valence-corrected chi connectivity index (χ3v) is 13.9. The van der Waals surface area contributed by atoms with E-state index in [9.17, 15) is 0 Å². The summed E-state index contributed by atoms with van der Waals surface area (Å²) in [6.07, 6.45) is 10.7. The van der Waals surface area contributed by atoms with Crippen molar-refractivity contribution in [2.75, 3.05) is 0 Å². The molecule has 0 fully saturated rings. The molecule has 58 heavy (non-hydrogen) atoms. The lowest BCUT2D eigenvalue weighted by Gasteiger charge is -2.23. The van der Waals surface area contributed by atoms with Gasteiger partial charge in [-0.2, -0.15) is 0 Å². The van der Waals surface area contributed by atoms with E-state index < -0.39 is 0 Å². The van der Waals surface area contributed by atoms with Crippen molar-refractivity contribution >= 4 is 108 Å². The normalized spacial score (nSPS) is 15.1. The van der Waals surface area contributed by atoms with Crippen LogP contribution in [0.5, 0.6) is 0 Å². The number of dihydropyridines is 1. The highest BCUT2D eigenvalue weighted by molar-refractivity contribution is 6.46. The number of hydrogen-bond acceptors (Lipinski definition) is 2. The highest BCUT2D eigenvalue weighted by Crippen LogP contribution is 2.56. The molecule has 2 nitrogen and oxygen atoms in total. The van der Waals surface area contributed by atoms with Gasteiger partial charge < -0.3 is 5.32 Å². The van der Waals surface area contributed by atoms with Crippen LogP contribution in [-0.4, -0.2) is 4.98 Å². The molecule has 264 valence electrons. The first-order valence-corrected chi connectivity index (χ1v) is 20.3. The lowest BCUT2D eigenvalue weighted by atomic mass is 9.86. The van der Waals surface area contributed by atoms with Gasteiger partial charge in [0.25, 0.3) is 0 Å². The fraction of sp³-hybridized carbons (Fsp3) is 0.0179.